The molecule has 0 heterocycles. The maximum atomic E-state index is 6.10. The van der Waals surface area contributed by atoms with E-state index in [4.69, 9.17) is 11.6 Å². The third kappa shape index (κ3) is 6.25. The Balaban J connectivity index is 2.55. The first kappa shape index (κ1) is 17.5. The lowest BCUT2D eigenvalue weighted by Gasteiger charge is -2.24. The van der Waals surface area contributed by atoms with E-state index < -0.39 is 0 Å². The Morgan fingerprint density at radius 1 is 1.30 bits per heavy atom. The minimum Gasteiger partial charge on any atom is -0.310 e. The highest BCUT2D eigenvalue weighted by Gasteiger charge is 2.12. The van der Waals surface area contributed by atoms with Crippen molar-refractivity contribution in [3.63, 3.8) is 0 Å². The molecule has 1 rings (SSSR count). The maximum absolute atomic E-state index is 6.10. The molecule has 0 aliphatic rings. The van der Waals surface area contributed by atoms with Gasteiger partial charge >= 0.3 is 0 Å². The van der Waals surface area contributed by atoms with Gasteiger partial charge in [0.15, 0.2) is 0 Å². The first-order valence-corrected chi connectivity index (χ1v) is 8.12. The molecule has 1 aromatic carbocycles. The van der Waals surface area contributed by atoms with Gasteiger partial charge in [-0.1, -0.05) is 50.9 Å². The van der Waals surface area contributed by atoms with Gasteiger partial charge in [0.25, 0.3) is 0 Å². The van der Waals surface area contributed by atoms with E-state index in [1.165, 1.54) is 18.5 Å². The summed E-state index contributed by atoms with van der Waals surface area (Å²) >= 11 is 6.10. The van der Waals surface area contributed by atoms with Crippen LogP contribution in [0.2, 0.25) is 5.02 Å². The second kappa shape index (κ2) is 9.38. The van der Waals surface area contributed by atoms with Crippen LogP contribution in [0.5, 0.6) is 0 Å². The fourth-order valence-electron chi connectivity index (χ4n) is 2.46. The molecule has 0 fully saturated rings. The number of nitrogens with one attached hydrogen (secondary N) is 1. The molecule has 2 unspecified atom stereocenters. The monoisotopic (exact) mass is 296 g/mol. The number of hydrogen-bond donors (Lipinski definition) is 1. The normalized spacial score (nSPS) is 14.5. The molecule has 20 heavy (non-hydrogen) atoms. The third-order valence-corrected chi connectivity index (χ3v) is 4.06. The van der Waals surface area contributed by atoms with Gasteiger partial charge in [-0.05, 0) is 50.2 Å². The van der Waals surface area contributed by atoms with E-state index in [1.807, 2.05) is 12.1 Å². The quantitative estimate of drug-likeness (QED) is 0.728. The van der Waals surface area contributed by atoms with Crippen LogP contribution in [0.4, 0.5) is 0 Å². The van der Waals surface area contributed by atoms with Crippen molar-refractivity contribution in [2.24, 2.45) is 5.92 Å². The Morgan fingerprint density at radius 3 is 2.65 bits per heavy atom. The molecule has 0 spiro atoms. The molecule has 0 bridgehead atoms. The van der Waals surface area contributed by atoms with E-state index in [2.05, 4.69) is 50.2 Å². The van der Waals surface area contributed by atoms with Gasteiger partial charge < -0.3 is 10.2 Å². The molecule has 2 atom stereocenters. The van der Waals surface area contributed by atoms with E-state index in [-0.39, 0.29) is 0 Å². The van der Waals surface area contributed by atoms with Crippen molar-refractivity contribution in [1.82, 2.24) is 10.2 Å². The fraction of sp³-hybridized carbons (Fsp3) is 0.647. The van der Waals surface area contributed by atoms with Gasteiger partial charge in [-0.25, -0.2) is 0 Å². The number of nitrogens with zero attached hydrogens (tertiary/aromatic N) is 1. The summed E-state index contributed by atoms with van der Waals surface area (Å²) in [4.78, 5) is 2.43. The smallest absolute Gasteiger partial charge is 0.0409 e. The number of hydrogen-bond acceptors (Lipinski definition) is 2. The average Bonchev–Trinajstić information content (AvgIpc) is 2.43. The molecule has 0 saturated heterocycles. The second-order valence-electron chi connectivity index (χ2n) is 5.73. The standard InChI is InChI=1S/C17H29ClN2/c1-5-14(3)13-20(4)11-10-17(19-6-2)15-8-7-9-16(18)12-15/h7-9,12,14,17,19H,5-6,10-11,13H2,1-4H3. The number of benzene rings is 1. The van der Waals surface area contributed by atoms with Gasteiger partial charge in [0.2, 0.25) is 0 Å². The largest absolute Gasteiger partial charge is 0.310 e. The van der Waals surface area contributed by atoms with Gasteiger partial charge in [-0.3, -0.25) is 0 Å². The lowest BCUT2D eigenvalue weighted by atomic mass is 10.0. The van der Waals surface area contributed by atoms with Crippen molar-refractivity contribution in [2.45, 2.75) is 39.7 Å². The van der Waals surface area contributed by atoms with Gasteiger partial charge in [-0.2, -0.15) is 0 Å². The van der Waals surface area contributed by atoms with Crippen molar-refractivity contribution in [3.05, 3.63) is 34.9 Å². The second-order valence-corrected chi connectivity index (χ2v) is 6.17. The molecule has 0 aliphatic carbocycles. The van der Waals surface area contributed by atoms with Crippen molar-refractivity contribution in [1.29, 1.82) is 0 Å². The lowest BCUT2D eigenvalue weighted by Crippen LogP contribution is -2.29. The lowest BCUT2D eigenvalue weighted by molar-refractivity contribution is 0.266. The van der Waals surface area contributed by atoms with Crippen molar-refractivity contribution >= 4 is 11.6 Å². The number of rotatable bonds is 9. The highest BCUT2D eigenvalue weighted by atomic mass is 35.5. The van der Waals surface area contributed by atoms with E-state index in [1.54, 1.807) is 0 Å². The first-order chi connectivity index (χ1) is 9.56. The Bertz CT molecular complexity index is 381. The molecule has 0 aliphatic heterocycles. The Morgan fingerprint density at radius 2 is 2.05 bits per heavy atom. The zero-order valence-electron chi connectivity index (χ0n) is 13.3. The van der Waals surface area contributed by atoms with Crippen LogP contribution in [-0.2, 0) is 0 Å². The summed E-state index contributed by atoms with van der Waals surface area (Å²) in [6.45, 7) is 9.98. The van der Waals surface area contributed by atoms with Crippen LogP contribution < -0.4 is 5.32 Å². The minimum atomic E-state index is 0.387. The van der Waals surface area contributed by atoms with Gasteiger partial charge in [0, 0.05) is 17.6 Å². The minimum absolute atomic E-state index is 0.387. The van der Waals surface area contributed by atoms with Crippen LogP contribution in [0.15, 0.2) is 24.3 Å². The maximum Gasteiger partial charge on any atom is 0.0409 e. The van der Waals surface area contributed by atoms with Crippen LogP contribution in [0, 0.1) is 5.92 Å². The first-order valence-electron chi connectivity index (χ1n) is 7.74. The van der Waals surface area contributed by atoms with Crippen LogP contribution in [0.25, 0.3) is 0 Å². The zero-order chi connectivity index (χ0) is 15.0. The van der Waals surface area contributed by atoms with Crippen LogP contribution in [-0.4, -0.2) is 31.6 Å². The van der Waals surface area contributed by atoms with Crippen molar-refractivity contribution in [2.75, 3.05) is 26.7 Å². The topological polar surface area (TPSA) is 15.3 Å². The van der Waals surface area contributed by atoms with E-state index in [0.717, 1.165) is 30.5 Å². The zero-order valence-corrected chi connectivity index (χ0v) is 14.1. The fourth-order valence-corrected chi connectivity index (χ4v) is 2.66. The van der Waals surface area contributed by atoms with Gasteiger partial charge in [-0.15, -0.1) is 0 Å². The molecule has 2 nitrogen and oxygen atoms in total. The van der Waals surface area contributed by atoms with Crippen molar-refractivity contribution in [3.8, 4) is 0 Å². The summed E-state index contributed by atoms with van der Waals surface area (Å²) < 4.78 is 0. The summed E-state index contributed by atoms with van der Waals surface area (Å²) in [5.41, 5.74) is 1.29. The Labute approximate surface area is 129 Å². The van der Waals surface area contributed by atoms with Gasteiger partial charge in [0.1, 0.15) is 0 Å². The molecular formula is C17H29ClN2. The summed E-state index contributed by atoms with van der Waals surface area (Å²) in [6, 6.07) is 8.59. The molecule has 0 aromatic heterocycles. The van der Waals surface area contributed by atoms with E-state index in [9.17, 15) is 0 Å². The van der Waals surface area contributed by atoms with Crippen molar-refractivity contribution < 1.29 is 0 Å². The molecular weight excluding hydrogens is 268 g/mol. The van der Waals surface area contributed by atoms with Gasteiger partial charge in [0.05, 0.1) is 0 Å². The van der Waals surface area contributed by atoms with E-state index in [0.29, 0.717) is 6.04 Å². The average molecular weight is 297 g/mol. The summed E-state index contributed by atoms with van der Waals surface area (Å²) in [5.74, 6) is 0.767. The molecule has 1 aromatic rings. The highest BCUT2D eigenvalue weighted by Crippen LogP contribution is 2.21. The highest BCUT2D eigenvalue weighted by molar-refractivity contribution is 6.30. The summed E-state index contributed by atoms with van der Waals surface area (Å²) in [6.07, 6.45) is 2.36. The SMILES string of the molecule is CCNC(CCN(C)CC(C)CC)c1cccc(Cl)c1. The predicted molar refractivity (Wildman–Crippen MR) is 89.4 cm³/mol. The summed E-state index contributed by atoms with van der Waals surface area (Å²) in [5, 5.41) is 4.38. The molecule has 0 saturated carbocycles. The molecule has 1 N–H and O–H groups in total. The van der Waals surface area contributed by atoms with E-state index >= 15 is 0 Å². The molecule has 114 valence electrons. The Kier molecular flexibility index (Phi) is 8.20. The molecule has 0 radical (unpaired) electrons. The van der Waals surface area contributed by atoms with Crippen LogP contribution >= 0.6 is 11.6 Å². The molecule has 0 amide bonds. The van der Waals surface area contributed by atoms with Crippen LogP contribution in [0.1, 0.15) is 45.2 Å². The number of halogens is 1. The predicted octanol–water partition coefficient (Wildman–Crippen LogP) is 4.36. The molecule has 3 heteroatoms. The third-order valence-electron chi connectivity index (χ3n) is 3.82. The van der Waals surface area contributed by atoms with Crippen LogP contribution in [0.3, 0.4) is 0 Å². The summed E-state index contributed by atoms with van der Waals surface area (Å²) in [7, 11) is 2.22. The Hall–Kier alpha value is -0.570.